The Bertz CT molecular complexity index is 653. The van der Waals surface area contributed by atoms with Crippen molar-refractivity contribution >= 4 is 40.5 Å². The zero-order valence-electron chi connectivity index (χ0n) is 8.88. The predicted molar refractivity (Wildman–Crippen MR) is 68.0 cm³/mol. The van der Waals surface area contributed by atoms with Crippen molar-refractivity contribution in [2.45, 2.75) is 0 Å². The topological polar surface area (TPSA) is 91.0 Å². The third-order valence-electron chi connectivity index (χ3n) is 1.92. The Morgan fingerprint density at radius 2 is 1.95 bits per heavy atom. The van der Waals surface area contributed by atoms with Crippen molar-refractivity contribution in [2.24, 2.45) is 0 Å². The molecule has 0 unspecified atom stereocenters. The Kier molecular flexibility index (Phi) is 3.98. The van der Waals surface area contributed by atoms with Gasteiger partial charge in [-0.25, -0.2) is 0 Å². The third kappa shape index (κ3) is 3.19. The van der Waals surface area contributed by atoms with Gasteiger partial charge >= 0.3 is 0 Å². The first-order chi connectivity index (χ1) is 8.97. The standard InChI is InChI=1S/C9H3Cl3N4O3/c10-5-2-1-4(16(17)18)3-6(5)19-8-7(11)14-15-9(12)13-8/h1-3H. The fourth-order valence-electron chi connectivity index (χ4n) is 1.13. The number of aromatic nitrogens is 3. The zero-order chi connectivity index (χ0) is 14.0. The summed E-state index contributed by atoms with van der Waals surface area (Å²) in [5.74, 6) is -0.140. The van der Waals surface area contributed by atoms with Gasteiger partial charge in [0.15, 0.2) is 5.75 Å². The number of nitrogens with zero attached hydrogens (tertiary/aromatic N) is 4. The Morgan fingerprint density at radius 1 is 1.21 bits per heavy atom. The molecule has 1 heterocycles. The van der Waals surface area contributed by atoms with Gasteiger partial charge in [0.2, 0.25) is 10.4 Å². The molecule has 0 aliphatic carbocycles. The van der Waals surface area contributed by atoms with Gasteiger partial charge in [0.25, 0.3) is 11.6 Å². The second kappa shape index (κ2) is 5.52. The van der Waals surface area contributed by atoms with Gasteiger partial charge in [-0.1, -0.05) is 23.2 Å². The molecular formula is C9H3Cl3N4O3. The normalized spacial score (nSPS) is 10.3. The van der Waals surface area contributed by atoms with Crippen molar-refractivity contribution in [3.63, 3.8) is 0 Å². The van der Waals surface area contributed by atoms with Gasteiger partial charge in [-0.2, -0.15) is 4.98 Å². The first kappa shape index (κ1) is 13.7. The van der Waals surface area contributed by atoms with Crippen molar-refractivity contribution in [1.82, 2.24) is 15.2 Å². The van der Waals surface area contributed by atoms with E-state index in [1.807, 2.05) is 0 Å². The molecule has 10 heteroatoms. The molecule has 0 amide bonds. The van der Waals surface area contributed by atoms with Gasteiger partial charge in [0, 0.05) is 6.07 Å². The largest absolute Gasteiger partial charge is 0.434 e. The molecule has 19 heavy (non-hydrogen) atoms. The van der Waals surface area contributed by atoms with Crippen LogP contribution >= 0.6 is 34.8 Å². The van der Waals surface area contributed by atoms with E-state index < -0.39 is 4.92 Å². The molecule has 0 N–H and O–H groups in total. The molecule has 1 aromatic heterocycles. The summed E-state index contributed by atoms with van der Waals surface area (Å²) in [6.07, 6.45) is 0. The molecule has 0 spiro atoms. The van der Waals surface area contributed by atoms with Crippen LogP contribution in [0.5, 0.6) is 11.6 Å². The number of halogens is 3. The minimum atomic E-state index is -0.587. The Hall–Kier alpha value is -1.70. The molecule has 0 saturated heterocycles. The maximum absolute atomic E-state index is 10.7. The van der Waals surface area contributed by atoms with Crippen LogP contribution in [0, 0.1) is 10.1 Å². The lowest BCUT2D eigenvalue weighted by Crippen LogP contribution is -1.96. The molecule has 1 aromatic carbocycles. The number of rotatable bonds is 3. The quantitative estimate of drug-likeness (QED) is 0.634. The zero-order valence-corrected chi connectivity index (χ0v) is 11.1. The summed E-state index contributed by atoms with van der Waals surface area (Å²) in [5.41, 5.74) is -0.191. The fourth-order valence-corrected chi connectivity index (χ4v) is 1.52. The molecule has 0 saturated carbocycles. The van der Waals surface area contributed by atoms with Gasteiger partial charge < -0.3 is 4.74 Å². The average molecular weight is 322 g/mol. The number of nitro groups is 1. The van der Waals surface area contributed by atoms with Crippen LogP contribution in [0.15, 0.2) is 18.2 Å². The SMILES string of the molecule is O=[N+]([O-])c1ccc(Cl)c(Oc2nc(Cl)nnc2Cl)c1. The summed E-state index contributed by atoms with van der Waals surface area (Å²) in [6.45, 7) is 0. The lowest BCUT2D eigenvalue weighted by Gasteiger charge is -2.06. The van der Waals surface area contributed by atoms with Crippen LogP contribution in [0.25, 0.3) is 0 Å². The van der Waals surface area contributed by atoms with Crippen LogP contribution in [0.4, 0.5) is 5.69 Å². The second-order valence-corrected chi connectivity index (χ2v) is 4.25. The van der Waals surface area contributed by atoms with E-state index in [2.05, 4.69) is 15.2 Å². The lowest BCUT2D eigenvalue weighted by atomic mass is 10.3. The van der Waals surface area contributed by atoms with Gasteiger partial charge in [-0.3, -0.25) is 10.1 Å². The molecule has 0 fully saturated rings. The molecule has 0 aliphatic rings. The summed E-state index contributed by atoms with van der Waals surface area (Å²) >= 11 is 17.1. The van der Waals surface area contributed by atoms with Crippen molar-refractivity contribution in [2.75, 3.05) is 0 Å². The van der Waals surface area contributed by atoms with E-state index in [1.54, 1.807) is 0 Å². The maximum Gasteiger partial charge on any atom is 0.273 e. The summed E-state index contributed by atoms with van der Waals surface area (Å²) in [5, 5.41) is 17.4. The number of nitro benzene ring substituents is 1. The smallest absolute Gasteiger partial charge is 0.273 e. The number of benzene rings is 1. The maximum atomic E-state index is 10.7. The molecule has 0 radical (unpaired) electrons. The van der Waals surface area contributed by atoms with E-state index in [1.165, 1.54) is 12.1 Å². The number of hydrogen-bond donors (Lipinski definition) is 0. The monoisotopic (exact) mass is 320 g/mol. The first-order valence-electron chi connectivity index (χ1n) is 4.65. The highest BCUT2D eigenvalue weighted by Crippen LogP contribution is 2.34. The highest BCUT2D eigenvalue weighted by molar-refractivity contribution is 6.32. The van der Waals surface area contributed by atoms with Crippen molar-refractivity contribution < 1.29 is 9.66 Å². The fraction of sp³-hybridized carbons (Fsp3) is 0. The molecule has 98 valence electrons. The summed E-state index contributed by atoms with van der Waals surface area (Å²) in [7, 11) is 0. The van der Waals surface area contributed by atoms with Crippen LogP contribution in [0.2, 0.25) is 15.5 Å². The summed E-state index contributed by atoms with van der Waals surface area (Å²) < 4.78 is 5.25. The number of hydrogen-bond acceptors (Lipinski definition) is 6. The van der Waals surface area contributed by atoms with Crippen molar-refractivity contribution in [3.05, 3.63) is 43.8 Å². The van der Waals surface area contributed by atoms with Gasteiger partial charge in [-0.05, 0) is 17.7 Å². The van der Waals surface area contributed by atoms with Crippen LogP contribution in [-0.2, 0) is 0 Å². The Balaban J connectivity index is 2.40. The molecule has 0 aliphatic heterocycles. The Labute approximate surface area is 121 Å². The minimum Gasteiger partial charge on any atom is -0.434 e. The van der Waals surface area contributed by atoms with E-state index in [-0.39, 0.29) is 32.8 Å². The highest BCUT2D eigenvalue weighted by atomic mass is 35.5. The van der Waals surface area contributed by atoms with E-state index in [0.717, 1.165) is 6.07 Å². The number of non-ortho nitro benzene ring substituents is 1. The minimum absolute atomic E-state index is 0.00864. The van der Waals surface area contributed by atoms with E-state index in [9.17, 15) is 10.1 Å². The van der Waals surface area contributed by atoms with Crippen LogP contribution in [0.3, 0.4) is 0 Å². The molecule has 0 atom stereocenters. The molecule has 2 aromatic rings. The van der Waals surface area contributed by atoms with Gasteiger partial charge in [0.1, 0.15) is 0 Å². The summed E-state index contributed by atoms with van der Waals surface area (Å²) in [6, 6.07) is 3.69. The van der Waals surface area contributed by atoms with Crippen LogP contribution in [0.1, 0.15) is 0 Å². The lowest BCUT2D eigenvalue weighted by molar-refractivity contribution is -0.384. The molecule has 2 rings (SSSR count). The van der Waals surface area contributed by atoms with Crippen molar-refractivity contribution in [1.29, 1.82) is 0 Å². The van der Waals surface area contributed by atoms with Crippen molar-refractivity contribution in [3.8, 4) is 11.6 Å². The molecule has 7 nitrogen and oxygen atoms in total. The van der Waals surface area contributed by atoms with E-state index in [4.69, 9.17) is 39.5 Å². The number of ether oxygens (including phenoxy) is 1. The Morgan fingerprint density at radius 3 is 2.63 bits per heavy atom. The average Bonchev–Trinajstić information content (AvgIpc) is 2.36. The third-order valence-corrected chi connectivity index (χ3v) is 2.63. The van der Waals surface area contributed by atoms with Gasteiger partial charge in [0.05, 0.1) is 16.0 Å². The predicted octanol–water partition coefficient (Wildman–Crippen LogP) is 3.53. The molecule has 0 bridgehead atoms. The first-order valence-corrected chi connectivity index (χ1v) is 5.78. The van der Waals surface area contributed by atoms with Crippen LogP contribution in [-0.4, -0.2) is 20.1 Å². The second-order valence-electron chi connectivity index (χ2n) is 3.15. The van der Waals surface area contributed by atoms with E-state index in [0.29, 0.717) is 0 Å². The summed E-state index contributed by atoms with van der Waals surface area (Å²) in [4.78, 5) is 13.8. The highest BCUT2D eigenvalue weighted by Gasteiger charge is 2.15. The van der Waals surface area contributed by atoms with Gasteiger partial charge in [-0.15, -0.1) is 10.2 Å². The van der Waals surface area contributed by atoms with E-state index >= 15 is 0 Å². The van der Waals surface area contributed by atoms with Crippen LogP contribution < -0.4 is 4.74 Å². The molecular weight excluding hydrogens is 318 g/mol.